The van der Waals surface area contributed by atoms with Gasteiger partial charge in [-0.15, -0.1) is 0 Å². The number of amides is 1. The van der Waals surface area contributed by atoms with E-state index in [2.05, 4.69) is 38.1 Å². The van der Waals surface area contributed by atoms with Crippen LogP contribution in [0.2, 0.25) is 10.0 Å². The molecule has 1 aromatic rings. The van der Waals surface area contributed by atoms with E-state index in [9.17, 15) is 4.79 Å². The molecule has 2 heterocycles. The smallest absolute Gasteiger partial charge is 0.281 e. The largest absolute Gasteiger partial charge is 0.284 e. The summed E-state index contributed by atoms with van der Waals surface area (Å²) in [6, 6.07) is 5.31. The number of halogens is 3. The Hall–Kier alpha value is -0.570. The normalized spacial score (nSPS) is 29.0. The molecule has 0 bridgehead atoms. The number of nitrogens with one attached hydrogen (secondary N) is 1. The number of carbonyl (C=O) groups is 1. The van der Waals surface area contributed by atoms with Gasteiger partial charge in [0.05, 0.1) is 10.7 Å². The predicted octanol–water partition coefficient (Wildman–Crippen LogP) is 4.08. The summed E-state index contributed by atoms with van der Waals surface area (Å²) in [5.41, 5.74) is 4.36. The molecule has 2 fully saturated rings. The van der Waals surface area contributed by atoms with E-state index in [4.69, 9.17) is 23.2 Å². The summed E-state index contributed by atoms with van der Waals surface area (Å²) < 4.78 is 0.0509. The lowest BCUT2D eigenvalue weighted by Crippen LogP contribution is -2.44. The topological polar surface area (TPSA) is 47.9 Å². The van der Waals surface area contributed by atoms with Gasteiger partial charge in [-0.3, -0.25) is 15.2 Å². The van der Waals surface area contributed by atoms with E-state index in [1.54, 1.807) is 17.1 Å². The first-order valence-corrected chi connectivity index (χ1v) is 10.5. The summed E-state index contributed by atoms with van der Waals surface area (Å²) in [7, 11) is 0. The fourth-order valence-electron chi connectivity index (χ4n) is 4.02. The van der Waals surface area contributed by atoms with Crippen LogP contribution in [0.5, 0.6) is 0 Å². The molecule has 1 saturated heterocycles. The molecule has 1 aliphatic carbocycles. The quantitative estimate of drug-likeness (QED) is 0.393. The fraction of sp³-hybridized carbons (Fsp3) is 0.529. The van der Waals surface area contributed by atoms with Crippen LogP contribution in [-0.4, -0.2) is 33.8 Å². The van der Waals surface area contributed by atoms with Crippen molar-refractivity contribution in [3.05, 3.63) is 28.2 Å². The molecule has 0 spiro atoms. The number of hydrazine groups is 1. The zero-order valence-corrected chi connectivity index (χ0v) is 17.3. The van der Waals surface area contributed by atoms with Crippen molar-refractivity contribution in [2.45, 2.75) is 29.7 Å². The minimum absolute atomic E-state index is 0.0509. The van der Waals surface area contributed by atoms with Crippen molar-refractivity contribution >= 4 is 63.1 Å². The Bertz CT molecular complexity index is 717. The second-order valence-corrected chi connectivity index (χ2v) is 9.20. The Kier molecular flexibility index (Phi) is 5.14. The highest BCUT2D eigenvalue weighted by Crippen LogP contribution is 2.37. The molecule has 4 rings (SSSR count). The average molecular weight is 493 g/mol. The first-order chi connectivity index (χ1) is 12.0. The lowest BCUT2D eigenvalue weighted by atomic mass is 10.0. The third kappa shape index (κ3) is 3.63. The van der Waals surface area contributed by atoms with E-state index in [1.165, 1.54) is 19.3 Å². The Balaban J connectivity index is 1.44. The van der Waals surface area contributed by atoms with Crippen molar-refractivity contribution in [1.82, 2.24) is 10.4 Å². The van der Waals surface area contributed by atoms with Crippen LogP contribution in [-0.2, 0) is 4.79 Å². The highest BCUT2D eigenvalue weighted by Gasteiger charge is 2.38. The molecule has 3 aliphatic rings. The third-order valence-electron chi connectivity index (χ3n) is 5.26. The van der Waals surface area contributed by atoms with Gasteiger partial charge in [0.25, 0.3) is 5.91 Å². The molecule has 0 aromatic heterocycles. The van der Waals surface area contributed by atoms with E-state index in [0.29, 0.717) is 22.2 Å². The number of hydrogen-bond acceptors (Lipinski definition) is 4. The zero-order valence-electron chi connectivity index (χ0n) is 13.6. The Morgan fingerprint density at radius 2 is 1.96 bits per heavy atom. The van der Waals surface area contributed by atoms with Gasteiger partial charge < -0.3 is 0 Å². The van der Waals surface area contributed by atoms with Gasteiger partial charge >= 0.3 is 0 Å². The van der Waals surface area contributed by atoms with Crippen molar-refractivity contribution in [2.24, 2.45) is 16.9 Å². The van der Waals surface area contributed by atoms with Crippen LogP contribution >= 0.6 is 45.8 Å². The van der Waals surface area contributed by atoms with Crippen LogP contribution in [0.15, 0.2) is 23.3 Å². The maximum Gasteiger partial charge on any atom is 0.281 e. The second-order valence-electron chi connectivity index (χ2n) is 6.92. The molecule has 2 aliphatic heterocycles. The van der Waals surface area contributed by atoms with Crippen molar-refractivity contribution in [3.63, 3.8) is 0 Å². The second kappa shape index (κ2) is 7.21. The molecule has 134 valence electrons. The fourth-order valence-corrected chi connectivity index (χ4v) is 5.36. The van der Waals surface area contributed by atoms with Gasteiger partial charge in [-0.05, 0) is 42.9 Å². The van der Waals surface area contributed by atoms with Crippen molar-refractivity contribution in [1.29, 1.82) is 0 Å². The first kappa shape index (κ1) is 17.8. The van der Waals surface area contributed by atoms with E-state index < -0.39 is 0 Å². The molecular weight excluding hydrogens is 474 g/mol. The Morgan fingerprint density at radius 1 is 1.24 bits per heavy atom. The van der Waals surface area contributed by atoms with Crippen LogP contribution in [0.25, 0.3) is 0 Å². The number of hydrazone groups is 1. The summed E-state index contributed by atoms with van der Waals surface area (Å²) in [5, 5.41) is 9.50. The van der Waals surface area contributed by atoms with Crippen LogP contribution in [0.4, 0.5) is 5.69 Å². The van der Waals surface area contributed by atoms with E-state index in [0.717, 1.165) is 30.6 Å². The molecule has 1 saturated carbocycles. The Morgan fingerprint density at radius 3 is 2.64 bits per heavy atom. The lowest BCUT2D eigenvalue weighted by Gasteiger charge is -2.19. The summed E-state index contributed by atoms with van der Waals surface area (Å²) in [5.74, 6) is 1.38. The molecular formula is C17H19Cl2IN4O. The zero-order chi connectivity index (χ0) is 17.6. The number of anilines is 1. The molecule has 3 atom stereocenters. The van der Waals surface area contributed by atoms with Gasteiger partial charge in [0, 0.05) is 24.5 Å². The Labute approximate surface area is 170 Å². The van der Waals surface area contributed by atoms with E-state index in [1.807, 2.05) is 6.07 Å². The number of hydrogen-bond donors (Lipinski definition) is 1. The van der Waals surface area contributed by atoms with Crippen molar-refractivity contribution in [3.8, 4) is 0 Å². The molecule has 2 unspecified atom stereocenters. The number of carbonyl (C=O) groups excluding carboxylic acids is 1. The van der Waals surface area contributed by atoms with Gasteiger partial charge in [0.2, 0.25) is 0 Å². The van der Waals surface area contributed by atoms with Gasteiger partial charge in [-0.1, -0.05) is 52.2 Å². The van der Waals surface area contributed by atoms with Crippen LogP contribution in [0.3, 0.4) is 0 Å². The third-order valence-corrected chi connectivity index (χ3v) is 6.77. The lowest BCUT2D eigenvalue weighted by molar-refractivity contribution is -0.119. The van der Waals surface area contributed by atoms with Crippen LogP contribution in [0, 0.1) is 11.8 Å². The van der Waals surface area contributed by atoms with Gasteiger partial charge in [0.1, 0.15) is 9.76 Å². The molecule has 8 heteroatoms. The van der Waals surface area contributed by atoms with Crippen molar-refractivity contribution < 1.29 is 4.79 Å². The summed E-state index contributed by atoms with van der Waals surface area (Å²) in [6.45, 7) is 1.92. The van der Waals surface area contributed by atoms with Gasteiger partial charge in [-0.25, -0.2) is 5.01 Å². The SMILES string of the molecule is O=C(NN1CC2CCCC2C1)C1=NN(c2ccc(Cl)cc2Cl)[C@H](I)C1. The molecule has 0 radical (unpaired) electrons. The molecule has 1 aromatic carbocycles. The van der Waals surface area contributed by atoms with E-state index in [-0.39, 0.29) is 9.96 Å². The summed E-state index contributed by atoms with van der Waals surface area (Å²) >= 11 is 14.5. The number of rotatable bonds is 3. The first-order valence-electron chi connectivity index (χ1n) is 8.53. The number of fused-ring (bicyclic) bond motifs is 1. The monoisotopic (exact) mass is 492 g/mol. The van der Waals surface area contributed by atoms with Crippen LogP contribution in [0.1, 0.15) is 25.7 Å². The predicted molar refractivity (Wildman–Crippen MR) is 109 cm³/mol. The molecule has 25 heavy (non-hydrogen) atoms. The summed E-state index contributed by atoms with van der Waals surface area (Å²) in [4.78, 5) is 12.6. The van der Waals surface area contributed by atoms with Gasteiger partial charge in [-0.2, -0.15) is 5.10 Å². The molecule has 1 N–H and O–H groups in total. The maximum absolute atomic E-state index is 12.6. The standard InChI is InChI=1S/C17H19Cl2IN4O/c18-12-4-5-15(13(19)6-12)24-16(20)7-14(21-24)17(25)22-23-8-10-2-1-3-11(10)9-23/h4-6,10-11,16H,1-3,7-9H2,(H,22,25)/t10?,11?,16-/m0/s1. The molecule has 5 nitrogen and oxygen atoms in total. The highest BCUT2D eigenvalue weighted by molar-refractivity contribution is 14.1. The minimum atomic E-state index is -0.103. The van der Waals surface area contributed by atoms with Gasteiger partial charge in [0.15, 0.2) is 0 Å². The van der Waals surface area contributed by atoms with Crippen molar-refractivity contribution in [2.75, 3.05) is 18.1 Å². The minimum Gasteiger partial charge on any atom is -0.284 e. The summed E-state index contributed by atoms with van der Waals surface area (Å²) in [6.07, 6.45) is 4.50. The average Bonchev–Trinajstić information content (AvgIpc) is 3.22. The van der Waals surface area contributed by atoms with Crippen LogP contribution < -0.4 is 10.4 Å². The maximum atomic E-state index is 12.6. The molecule has 1 amide bonds. The number of nitrogens with zero attached hydrogens (tertiary/aromatic N) is 3. The highest BCUT2D eigenvalue weighted by atomic mass is 127. The van der Waals surface area contributed by atoms with E-state index >= 15 is 0 Å². The number of alkyl halides is 1. The number of benzene rings is 1.